The molecular formula is C13H16ClNO. The minimum absolute atomic E-state index is 0.458. The van der Waals surface area contributed by atoms with Crippen LogP contribution in [0.25, 0.3) is 0 Å². The van der Waals surface area contributed by atoms with Crippen molar-refractivity contribution in [3.05, 3.63) is 34.9 Å². The number of nitrogens with one attached hydrogen (secondary N) is 1. The van der Waals surface area contributed by atoms with Crippen LogP contribution >= 0.6 is 11.6 Å². The molecule has 2 aliphatic heterocycles. The average molecular weight is 238 g/mol. The van der Waals surface area contributed by atoms with E-state index in [1.54, 1.807) is 0 Å². The van der Waals surface area contributed by atoms with Crippen LogP contribution in [0.5, 0.6) is 0 Å². The van der Waals surface area contributed by atoms with Gasteiger partial charge in [-0.1, -0.05) is 29.8 Å². The van der Waals surface area contributed by atoms with Crippen molar-refractivity contribution in [2.24, 2.45) is 0 Å². The number of halogens is 1. The van der Waals surface area contributed by atoms with E-state index in [0.29, 0.717) is 17.1 Å². The van der Waals surface area contributed by atoms with Crippen molar-refractivity contribution >= 4 is 11.6 Å². The lowest BCUT2D eigenvalue weighted by Gasteiger charge is -2.38. The maximum absolute atomic E-state index is 10.8. The molecule has 0 amide bonds. The smallest absolute Gasteiger partial charge is 0.0940 e. The lowest BCUT2D eigenvalue weighted by atomic mass is 9.81. The fourth-order valence-electron chi connectivity index (χ4n) is 3.18. The molecule has 2 atom stereocenters. The van der Waals surface area contributed by atoms with Crippen LogP contribution in [0.2, 0.25) is 5.02 Å². The van der Waals surface area contributed by atoms with Crippen molar-refractivity contribution in [3.63, 3.8) is 0 Å². The molecule has 0 aromatic heterocycles. The molecule has 0 spiro atoms. The Morgan fingerprint density at radius 3 is 2.44 bits per heavy atom. The zero-order chi connectivity index (χ0) is 11.2. The van der Waals surface area contributed by atoms with Gasteiger partial charge >= 0.3 is 0 Å². The molecule has 2 aliphatic rings. The van der Waals surface area contributed by atoms with E-state index in [2.05, 4.69) is 5.32 Å². The van der Waals surface area contributed by atoms with E-state index < -0.39 is 5.60 Å². The first-order valence-corrected chi connectivity index (χ1v) is 6.29. The van der Waals surface area contributed by atoms with Gasteiger partial charge in [-0.05, 0) is 31.7 Å². The molecular weight excluding hydrogens is 222 g/mol. The van der Waals surface area contributed by atoms with Crippen molar-refractivity contribution < 1.29 is 5.11 Å². The molecule has 0 aliphatic carbocycles. The summed E-state index contributed by atoms with van der Waals surface area (Å²) in [6, 6.07) is 8.58. The van der Waals surface area contributed by atoms with Crippen molar-refractivity contribution in [1.29, 1.82) is 0 Å². The molecule has 3 rings (SSSR count). The molecule has 1 aromatic rings. The fourth-order valence-corrected chi connectivity index (χ4v) is 3.49. The molecule has 2 nitrogen and oxygen atoms in total. The minimum atomic E-state index is -0.727. The van der Waals surface area contributed by atoms with Crippen LogP contribution in [0.1, 0.15) is 31.2 Å². The monoisotopic (exact) mass is 237 g/mol. The van der Waals surface area contributed by atoms with Gasteiger partial charge in [-0.25, -0.2) is 0 Å². The Bertz CT molecular complexity index is 395. The second kappa shape index (κ2) is 3.73. The highest BCUT2D eigenvalue weighted by atomic mass is 35.5. The molecule has 2 saturated heterocycles. The summed E-state index contributed by atoms with van der Waals surface area (Å²) in [7, 11) is 0. The van der Waals surface area contributed by atoms with Gasteiger partial charge in [0.1, 0.15) is 0 Å². The molecule has 2 fully saturated rings. The number of benzene rings is 1. The molecule has 16 heavy (non-hydrogen) atoms. The van der Waals surface area contributed by atoms with Gasteiger partial charge in [-0.2, -0.15) is 0 Å². The number of fused-ring (bicyclic) bond motifs is 2. The van der Waals surface area contributed by atoms with Crippen LogP contribution in [-0.2, 0) is 5.60 Å². The maximum atomic E-state index is 10.8. The molecule has 3 heteroatoms. The highest BCUT2D eigenvalue weighted by Crippen LogP contribution is 2.42. The second-order valence-corrected chi connectivity index (χ2v) is 5.46. The second-order valence-electron chi connectivity index (χ2n) is 5.06. The van der Waals surface area contributed by atoms with E-state index in [1.165, 1.54) is 12.8 Å². The minimum Gasteiger partial charge on any atom is -0.385 e. The zero-order valence-corrected chi connectivity index (χ0v) is 9.87. The number of aliphatic hydroxyl groups is 1. The normalized spacial score (nSPS) is 37.6. The van der Waals surface area contributed by atoms with Crippen LogP contribution < -0.4 is 5.32 Å². The van der Waals surface area contributed by atoms with Crippen molar-refractivity contribution in [1.82, 2.24) is 5.32 Å². The third-order valence-electron chi connectivity index (χ3n) is 3.88. The van der Waals surface area contributed by atoms with Crippen molar-refractivity contribution in [2.75, 3.05) is 0 Å². The Morgan fingerprint density at radius 1 is 1.19 bits per heavy atom. The van der Waals surface area contributed by atoms with E-state index in [1.807, 2.05) is 24.3 Å². The molecule has 1 aromatic carbocycles. The summed E-state index contributed by atoms with van der Waals surface area (Å²) in [5.74, 6) is 0. The number of hydrogen-bond acceptors (Lipinski definition) is 2. The van der Waals surface area contributed by atoms with Crippen molar-refractivity contribution in [2.45, 2.75) is 43.4 Å². The molecule has 2 unspecified atom stereocenters. The summed E-state index contributed by atoms with van der Waals surface area (Å²) in [6.07, 6.45) is 3.93. The lowest BCUT2D eigenvalue weighted by molar-refractivity contribution is -0.0113. The van der Waals surface area contributed by atoms with Gasteiger partial charge in [-0.15, -0.1) is 0 Å². The van der Waals surface area contributed by atoms with Crippen LogP contribution in [-0.4, -0.2) is 17.2 Å². The molecule has 86 valence electrons. The van der Waals surface area contributed by atoms with E-state index in [0.717, 1.165) is 18.4 Å². The first-order valence-electron chi connectivity index (χ1n) is 5.91. The van der Waals surface area contributed by atoms with Gasteiger partial charge in [0.05, 0.1) is 5.60 Å². The standard InChI is InChI=1S/C13H16ClNO/c14-12-4-2-1-3-11(12)13(16)7-9-5-6-10(8-13)15-9/h1-4,9-10,15-16H,5-8H2. The summed E-state index contributed by atoms with van der Waals surface area (Å²) >= 11 is 6.18. The highest BCUT2D eigenvalue weighted by Gasteiger charge is 2.44. The van der Waals surface area contributed by atoms with Crippen molar-refractivity contribution in [3.8, 4) is 0 Å². The average Bonchev–Trinajstić information content (AvgIpc) is 2.59. The van der Waals surface area contributed by atoms with Gasteiger partial charge in [0.2, 0.25) is 0 Å². The van der Waals surface area contributed by atoms with Gasteiger partial charge in [0, 0.05) is 22.7 Å². The Labute approximate surface area is 101 Å². The lowest BCUT2D eigenvalue weighted by Crippen LogP contribution is -2.46. The summed E-state index contributed by atoms with van der Waals surface area (Å²) < 4.78 is 0. The summed E-state index contributed by atoms with van der Waals surface area (Å²) in [5, 5.41) is 15.0. The van der Waals surface area contributed by atoms with E-state index in [-0.39, 0.29) is 0 Å². The predicted octanol–water partition coefficient (Wildman–Crippen LogP) is 2.44. The number of piperidine rings is 1. The zero-order valence-electron chi connectivity index (χ0n) is 9.12. The Balaban J connectivity index is 1.96. The molecule has 2 heterocycles. The topological polar surface area (TPSA) is 32.3 Å². The first kappa shape index (κ1) is 10.6. The molecule has 0 radical (unpaired) electrons. The van der Waals surface area contributed by atoms with E-state index in [4.69, 9.17) is 11.6 Å². The van der Waals surface area contributed by atoms with E-state index in [9.17, 15) is 5.11 Å². The highest BCUT2D eigenvalue weighted by molar-refractivity contribution is 6.31. The summed E-state index contributed by atoms with van der Waals surface area (Å²) in [4.78, 5) is 0. The van der Waals surface area contributed by atoms with Crippen LogP contribution in [0, 0.1) is 0 Å². The van der Waals surface area contributed by atoms with E-state index >= 15 is 0 Å². The molecule has 2 N–H and O–H groups in total. The quantitative estimate of drug-likeness (QED) is 0.787. The summed E-state index contributed by atoms with van der Waals surface area (Å²) in [5.41, 5.74) is 0.171. The van der Waals surface area contributed by atoms with Gasteiger partial charge < -0.3 is 10.4 Å². The first-order chi connectivity index (χ1) is 7.67. The maximum Gasteiger partial charge on any atom is 0.0940 e. The Kier molecular flexibility index (Phi) is 2.46. The Hall–Kier alpha value is -0.570. The number of hydrogen-bond donors (Lipinski definition) is 2. The third kappa shape index (κ3) is 1.65. The fraction of sp³-hybridized carbons (Fsp3) is 0.538. The third-order valence-corrected chi connectivity index (χ3v) is 4.21. The SMILES string of the molecule is OC1(c2ccccc2Cl)CC2CCC(C1)N2. The predicted molar refractivity (Wildman–Crippen MR) is 64.5 cm³/mol. The van der Waals surface area contributed by atoms with Gasteiger partial charge in [-0.3, -0.25) is 0 Å². The van der Waals surface area contributed by atoms with Crippen LogP contribution in [0.4, 0.5) is 0 Å². The van der Waals surface area contributed by atoms with Crippen LogP contribution in [0.15, 0.2) is 24.3 Å². The molecule has 2 bridgehead atoms. The summed E-state index contributed by atoms with van der Waals surface area (Å²) in [6.45, 7) is 0. The van der Waals surface area contributed by atoms with Crippen LogP contribution in [0.3, 0.4) is 0 Å². The number of rotatable bonds is 1. The Morgan fingerprint density at radius 2 is 1.81 bits per heavy atom. The molecule has 0 saturated carbocycles. The van der Waals surface area contributed by atoms with Gasteiger partial charge in [0.15, 0.2) is 0 Å². The largest absolute Gasteiger partial charge is 0.385 e. The van der Waals surface area contributed by atoms with Gasteiger partial charge in [0.25, 0.3) is 0 Å².